The molecular weight excluding hydrogens is 359 g/mol. The minimum atomic E-state index is -4.41. The predicted octanol–water partition coefficient (Wildman–Crippen LogP) is 4.85. The van der Waals surface area contributed by atoms with Crippen molar-refractivity contribution in [3.8, 4) is 5.75 Å². The molecular formula is C20H20F3NO3. The first kappa shape index (κ1) is 20.5. The van der Waals surface area contributed by atoms with Gasteiger partial charge in [-0.15, -0.1) is 0 Å². The molecule has 0 unspecified atom stereocenters. The molecule has 27 heavy (non-hydrogen) atoms. The maximum absolute atomic E-state index is 12.3. The second kappa shape index (κ2) is 8.70. The van der Waals surface area contributed by atoms with Gasteiger partial charge in [0.05, 0.1) is 0 Å². The summed E-state index contributed by atoms with van der Waals surface area (Å²) in [5, 5.41) is 2.61. The number of Topliss-reactive ketones (excluding diaryl/α,β-unsaturated/α-hetero) is 1. The second-order valence-corrected chi connectivity index (χ2v) is 6.22. The lowest BCUT2D eigenvalue weighted by Gasteiger charge is -2.10. The third-order valence-electron chi connectivity index (χ3n) is 3.81. The average Bonchev–Trinajstić information content (AvgIpc) is 2.60. The molecule has 144 valence electrons. The van der Waals surface area contributed by atoms with Crippen LogP contribution in [0.3, 0.4) is 0 Å². The minimum absolute atomic E-state index is 0.0124. The molecule has 0 fully saturated rings. The normalized spacial score (nSPS) is 11.1. The van der Waals surface area contributed by atoms with Crippen molar-refractivity contribution in [2.45, 2.75) is 32.9 Å². The molecule has 0 aromatic heterocycles. The molecule has 0 aliphatic carbocycles. The van der Waals surface area contributed by atoms with Gasteiger partial charge in [-0.1, -0.05) is 17.7 Å². The highest BCUT2D eigenvalue weighted by Crippen LogP contribution is 2.20. The van der Waals surface area contributed by atoms with E-state index in [1.807, 2.05) is 26.0 Å². The van der Waals surface area contributed by atoms with E-state index in [1.54, 1.807) is 6.07 Å². The Hall–Kier alpha value is -2.83. The first-order chi connectivity index (χ1) is 12.6. The van der Waals surface area contributed by atoms with Crippen molar-refractivity contribution in [3.63, 3.8) is 0 Å². The summed E-state index contributed by atoms with van der Waals surface area (Å²) in [6, 6.07) is 11.1. The molecule has 2 aromatic carbocycles. The van der Waals surface area contributed by atoms with E-state index in [0.717, 1.165) is 11.1 Å². The highest BCUT2D eigenvalue weighted by atomic mass is 19.4. The summed E-state index contributed by atoms with van der Waals surface area (Å²) in [6.07, 6.45) is -4.32. The molecule has 0 heterocycles. The molecule has 4 nitrogen and oxygen atoms in total. The highest BCUT2D eigenvalue weighted by molar-refractivity contribution is 6.01. The number of halogens is 3. The number of rotatable bonds is 7. The Morgan fingerprint density at radius 1 is 1.00 bits per heavy atom. The van der Waals surface area contributed by atoms with Crippen LogP contribution >= 0.6 is 0 Å². The molecule has 7 heteroatoms. The van der Waals surface area contributed by atoms with E-state index in [4.69, 9.17) is 0 Å². The number of anilines is 1. The Kier molecular flexibility index (Phi) is 6.60. The number of ether oxygens (including phenoxy) is 1. The quantitative estimate of drug-likeness (QED) is 0.700. The fourth-order valence-corrected chi connectivity index (χ4v) is 2.42. The third-order valence-corrected chi connectivity index (χ3v) is 3.81. The van der Waals surface area contributed by atoms with E-state index in [-0.39, 0.29) is 30.3 Å². The second-order valence-electron chi connectivity index (χ2n) is 6.22. The summed E-state index contributed by atoms with van der Waals surface area (Å²) in [5.74, 6) is -0.407. The number of alkyl halides is 3. The fraction of sp³-hybridized carbons (Fsp3) is 0.300. The van der Waals surface area contributed by atoms with Crippen molar-refractivity contribution in [1.82, 2.24) is 0 Å². The van der Waals surface area contributed by atoms with Crippen LogP contribution in [0.1, 0.15) is 34.3 Å². The molecule has 0 aliphatic heterocycles. The number of ketones is 1. The number of benzene rings is 2. The zero-order valence-electron chi connectivity index (χ0n) is 15.0. The van der Waals surface area contributed by atoms with E-state index in [1.165, 1.54) is 24.3 Å². The first-order valence-electron chi connectivity index (χ1n) is 8.34. The molecule has 2 rings (SSSR count). The Labute approximate surface area is 155 Å². The van der Waals surface area contributed by atoms with Crippen molar-refractivity contribution >= 4 is 17.4 Å². The zero-order chi connectivity index (χ0) is 20.0. The first-order valence-corrected chi connectivity index (χ1v) is 8.34. The third kappa shape index (κ3) is 6.77. The maximum Gasteiger partial charge on any atom is 0.422 e. The number of carbonyl (C=O) groups is 2. The van der Waals surface area contributed by atoms with Crippen LogP contribution in [0.2, 0.25) is 0 Å². The van der Waals surface area contributed by atoms with Crippen molar-refractivity contribution in [1.29, 1.82) is 0 Å². The number of hydrogen-bond acceptors (Lipinski definition) is 3. The number of hydrogen-bond donors (Lipinski definition) is 1. The summed E-state index contributed by atoms with van der Waals surface area (Å²) < 4.78 is 40.9. The number of amides is 1. The summed E-state index contributed by atoms with van der Waals surface area (Å²) in [7, 11) is 0. The van der Waals surface area contributed by atoms with E-state index >= 15 is 0 Å². The largest absolute Gasteiger partial charge is 0.484 e. The van der Waals surface area contributed by atoms with Crippen LogP contribution in [0.4, 0.5) is 18.9 Å². The Morgan fingerprint density at radius 3 is 2.30 bits per heavy atom. The van der Waals surface area contributed by atoms with Gasteiger partial charge in [-0.25, -0.2) is 0 Å². The molecule has 1 N–H and O–H groups in total. The molecule has 0 atom stereocenters. The Bertz CT molecular complexity index is 814. The van der Waals surface area contributed by atoms with Gasteiger partial charge in [0.15, 0.2) is 12.4 Å². The van der Waals surface area contributed by atoms with Gasteiger partial charge in [-0.2, -0.15) is 13.2 Å². The van der Waals surface area contributed by atoms with E-state index < -0.39 is 12.8 Å². The summed E-state index contributed by atoms with van der Waals surface area (Å²) in [6.45, 7) is 2.36. The summed E-state index contributed by atoms with van der Waals surface area (Å²) in [5.41, 5.74) is 2.86. The predicted molar refractivity (Wildman–Crippen MR) is 96.1 cm³/mol. The maximum atomic E-state index is 12.3. The minimum Gasteiger partial charge on any atom is -0.484 e. The van der Waals surface area contributed by atoms with Crippen LogP contribution in [0, 0.1) is 13.8 Å². The van der Waals surface area contributed by atoms with Crippen LogP contribution in [0.5, 0.6) is 5.75 Å². The highest BCUT2D eigenvalue weighted by Gasteiger charge is 2.28. The number of carbonyl (C=O) groups excluding carboxylic acids is 2. The lowest BCUT2D eigenvalue weighted by molar-refractivity contribution is -0.153. The van der Waals surface area contributed by atoms with Crippen LogP contribution in [0.25, 0.3) is 0 Å². The van der Waals surface area contributed by atoms with Gasteiger partial charge in [-0.3, -0.25) is 9.59 Å². The lowest BCUT2D eigenvalue weighted by Crippen LogP contribution is -2.19. The van der Waals surface area contributed by atoms with Gasteiger partial charge < -0.3 is 10.1 Å². The molecule has 0 aliphatic rings. The van der Waals surface area contributed by atoms with Crippen LogP contribution in [-0.4, -0.2) is 24.5 Å². The molecule has 0 bridgehead atoms. The molecule has 0 saturated carbocycles. The smallest absolute Gasteiger partial charge is 0.422 e. The molecule has 1 amide bonds. The fourth-order valence-electron chi connectivity index (χ4n) is 2.42. The zero-order valence-corrected chi connectivity index (χ0v) is 15.0. The van der Waals surface area contributed by atoms with E-state index in [0.29, 0.717) is 11.3 Å². The van der Waals surface area contributed by atoms with Gasteiger partial charge in [0.2, 0.25) is 5.91 Å². The summed E-state index contributed by atoms with van der Waals surface area (Å²) >= 11 is 0. The molecule has 0 spiro atoms. The number of nitrogens with one attached hydrogen (secondary N) is 1. The summed E-state index contributed by atoms with van der Waals surface area (Å²) in [4.78, 5) is 24.3. The van der Waals surface area contributed by atoms with E-state index in [9.17, 15) is 22.8 Å². The standard InChI is InChI=1S/C20H20F3NO3/c1-13-3-4-14(2)17(11-13)18(25)9-10-19(26)24-15-5-7-16(8-6-15)27-12-20(21,22)23/h3-8,11H,9-10,12H2,1-2H3,(H,24,26). The van der Waals surface area contributed by atoms with Gasteiger partial charge in [0, 0.05) is 24.1 Å². The van der Waals surface area contributed by atoms with Crippen molar-refractivity contribution in [2.24, 2.45) is 0 Å². The van der Waals surface area contributed by atoms with Gasteiger partial charge >= 0.3 is 6.18 Å². The van der Waals surface area contributed by atoms with E-state index in [2.05, 4.69) is 10.1 Å². The number of aryl methyl sites for hydroxylation is 2. The topological polar surface area (TPSA) is 55.4 Å². The van der Waals surface area contributed by atoms with Crippen molar-refractivity contribution < 1.29 is 27.5 Å². The van der Waals surface area contributed by atoms with Crippen LogP contribution in [-0.2, 0) is 4.79 Å². The molecule has 0 saturated heterocycles. The van der Waals surface area contributed by atoms with Crippen LogP contribution < -0.4 is 10.1 Å². The molecule has 2 aromatic rings. The van der Waals surface area contributed by atoms with Crippen LogP contribution in [0.15, 0.2) is 42.5 Å². The van der Waals surface area contributed by atoms with Gasteiger partial charge in [0.1, 0.15) is 5.75 Å². The van der Waals surface area contributed by atoms with Gasteiger partial charge in [-0.05, 0) is 49.7 Å². The lowest BCUT2D eigenvalue weighted by atomic mass is 9.99. The van der Waals surface area contributed by atoms with Crippen molar-refractivity contribution in [3.05, 3.63) is 59.2 Å². The molecule has 0 radical (unpaired) electrons. The Balaban J connectivity index is 1.85. The van der Waals surface area contributed by atoms with Gasteiger partial charge in [0.25, 0.3) is 0 Å². The van der Waals surface area contributed by atoms with Crippen molar-refractivity contribution in [2.75, 3.05) is 11.9 Å². The Morgan fingerprint density at radius 2 is 1.67 bits per heavy atom. The monoisotopic (exact) mass is 379 g/mol. The SMILES string of the molecule is Cc1ccc(C)c(C(=O)CCC(=O)Nc2ccc(OCC(F)(F)F)cc2)c1. The average molecular weight is 379 g/mol.